The van der Waals surface area contributed by atoms with Gasteiger partial charge in [-0.2, -0.15) is 0 Å². The summed E-state index contributed by atoms with van der Waals surface area (Å²) >= 11 is 6.39. The third kappa shape index (κ3) is 5.24. The fourth-order valence-electron chi connectivity index (χ4n) is 5.07. The Kier molecular flexibility index (Phi) is 7.18. The topological polar surface area (TPSA) is 71.8 Å². The van der Waals surface area contributed by atoms with E-state index in [0.717, 1.165) is 30.2 Å². The molecule has 31 heavy (non-hydrogen) atoms. The van der Waals surface area contributed by atoms with Crippen molar-refractivity contribution < 1.29 is 13.9 Å². The number of carbonyl (C=O) groups excluding carboxylic acids is 1. The average molecular weight is 447 g/mol. The van der Waals surface area contributed by atoms with Gasteiger partial charge in [-0.1, -0.05) is 31.4 Å². The Labute approximate surface area is 187 Å². The van der Waals surface area contributed by atoms with Crippen LogP contribution in [0.1, 0.15) is 51.0 Å². The Morgan fingerprint density at radius 1 is 1.23 bits per heavy atom. The number of hydrogen-bond donors (Lipinski definition) is 1. The summed E-state index contributed by atoms with van der Waals surface area (Å²) in [6.07, 6.45) is 7.84. The predicted molar refractivity (Wildman–Crippen MR) is 122 cm³/mol. The highest BCUT2D eigenvalue weighted by molar-refractivity contribution is 6.32. The predicted octanol–water partition coefficient (Wildman–Crippen LogP) is 4.16. The van der Waals surface area contributed by atoms with Gasteiger partial charge in [-0.05, 0) is 62.7 Å². The summed E-state index contributed by atoms with van der Waals surface area (Å²) in [4.78, 5) is 26.9. The Bertz CT molecular complexity index is 987. The summed E-state index contributed by atoms with van der Waals surface area (Å²) in [5.41, 5.74) is 0.936. The molecule has 168 valence electrons. The zero-order valence-electron chi connectivity index (χ0n) is 18.1. The molecule has 4 rings (SSSR count). The van der Waals surface area contributed by atoms with Crippen molar-refractivity contribution in [3.63, 3.8) is 0 Å². The summed E-state index contributed by atoms with van der Waals surface area (Å²) < 4.78 is 11.0. The van der Waals surface area contributed by atoms with E-state index in [1.807, 2.05) is 0 Å². The monoisotopic (exact) mass is 446 g/mol. The summed E-state index contributed by atoms with van der Waals surface area (Å²) in [7, 11) is 0. The number of ether oxygens (including phenoxy) is 1. The van der Waals surface area contributed by atoms with Crippen molar-refractivity contribution in [1.29, 1.82) is 0 Å². The number of benzene rings is 1. The van der Waals surface area contributed by atoms with Crippen LogP contribution >= 0.6 is 11.6 Å². The SMILES string of the molecule is CCCc1cc(=O)oc2cc(OCC(=O)NC[C@@H]3CCCN4CCCC[C@H]34)c(Cl)cc12. The molecule has 2 aromatic rings. The van der Waals surface area contributed by atoms with Gasteiger partial charge in [0.25, 0.3) is 5.91 Å². The van der Waals surface area contributed by atoms with E-state index in [9.17, 15) is 9.59 Å². The van der Waals surface area contributed by atoms with Gasteiger partial charge < -0.3 is 19.4 Å². The van der Waals surface area contributed by atoms with E-state index in [-0.39, 0.29) is 12.5 Å². The fraction of sp³-hybridized carbons (Fsp3) is 0.583. The molecule has 1 amide bonds. The van der Waals surface area contributed by atoms with E-state index in [4.69, 9.17) is 20.8 Å². The molecule has 1 N–H and O–H groups in total. The molecule has 2 atom stereocenters. The largest absolute Gasteiger partial charge is 0.482 e. The summed E-state index contributed by atoms with van der Waals surface area (Å²) in [5, 5.41) is 4.24. The lowest BCUT2D eigenvalue weighted by molar-refractivity contribution is -0.123. The molecule has 0 radical (unpaired) electrons. The van der Waals surface area contributed by atoms with Crippen LogP contribution in [0, 0.1) is 5.92 Å². The van der Waals surface area contributed by atoms with E-state index >= 15 is 0 Å². The number of carbonyl (C=O) groups is 1. The molecule has 0 unspecified atom stereocenters. The lowest BCUT2D eigenvalue weighted by Crippen LogP contribution is -2.51. The van der Waals surface area contributed by atoms with Crippen LogP contribution in [-0.2, 0) is 11.2 Å². The van der Waals surface area contributed by atoms with Crippen molar-refractivity contribution in [1.82, 2.24) is 10.2 Å². The van der Waals surface area contributed by atoms with E-state index in [0.29, 0.717) is 34.9 Å². The third-order valence-corrected chi connectivity index (χ3v) is 6.85. The second kappa shape index (κ2) is 10.0. The molecule has 0 saturated carbocycles. The smallest absolute Gasteiger partial charge is 0.336 e. The number of nitrogens with one attached hydrogen (secondary N) is 1. The van der Waals surface area contributed by atoms with Crippen LogP contribution < -0.4 is 15.7 Å². The van der Waals surface area contributed by atoms with Gasteiger partial charge in [-0.3, -0.25) is 4.79 Å². The van der Waals surface area contributed by atoms with Crippen LogP contribution in [0.4, 0.5) is 0 Å². The number of rotatable bonds is 7. The molecule has 0 bridgehead atoms. The van der Waals surface area contributed by atoms with Crippen molar-refractivity contribution in [2.24, 2.45) is 5.92 Å². The number of fused-ring (bicyclic) bond motifs is 2. The van der Waals surface area contributed by atoms with Crippen molar-refractivity contribution in [2.45, 2.75) is 57.9 Å². The van der Waals surface area contributed by atoms with Crippen LogP contribution in [0.2, 0.25) is 5.02 Å². The first-order valence-corrected chi connectivity index (χ1v) is 11.8. The first kappa shape index (κ1) is 22.2. The minimum Gasteiger partial charge on any atom is -0.482 e. The van der Waals surface area contributed by atoms with Crippen molar-refractivity contribution in [3.05, 3.63) is 39.2 Å². The fourth-order valence-corrected chi connectivity index (χ4v) is 5.29. The van der Waals surface area contributed by atoms with Gasteiger partial charge in [0.2, 0.25) is 0 Å². The number of piperidine rings is 2. The van der Waals surface area contributed by atoms with Gasteiger partial charge in [0.05, 0.1) is 5.02 Å². The average Bonchev–Trinajstić information content (AvgIpc) is 2.77. The van der Waals surface area contributed by atoms with Crippen molar-refractivity contribution >= 4 is 28.5 Å². The lowest BCUT2D eigenvalue weighted by Gasteiger charge is -2.44. The molecular formula is C24H31ClN2O4. The first-order chi connectivity index (χ1) is 15.0. The van der Waals surface area contributed by atoms with E-state index < -0.39 is 5.63 Å². The second-order valence-corrected chi connectivity index (χ2v) is 9.12. The van der Waals surface area contributed by atoms with Crippen LogP contribution in [0.15, 0.2) is 27.4 Å². The number of hydrogen-bond acceptors (Lipinski definition) is 5. The van der Waals surface area contributed by atoms with Crippen molar-refractivity contribution in [2.75, 3.05) is 26.2 Å². The molecule has 2 fully saturated rings. The molecule has 2 saturated heterocycles. The lowest BCUT2D eigenvalue weighted by atomic mass is 9.83. The minimum atomic E-state index is -0.397. The number of aryl methyl sites for hydroxylation is 1. The second-order valence-electron chi connectivity index (χ2n) is 8.71. The van der Waals surface area contributed by atoms with Gasteiger partial charge in [0, 0.05) is 30.1 Å². The van der Waals surface area contributed by atoms with Crippen LogP contribution in [0.25, 0.3) is 11.0 Å². The number of nitrogens with zero attached hydrogens (tertiary/aromatic N) is 1. The molecule has 7 heteroatoms. The minimum absolute atomic E-state index is 0.120. The number of halogens is 1. The van der Waals surface area contributed by atoms with Gasteiger partial charge in [0.1, 0.15) is 11.3 Å². The van der Waals surface area contributed by atoms with E-state index in [1.165, 1.54) is 44.8 Å². The quantitative estimate of drug-likeness (QED) is 0.646. The van der Waals surface area contributed by atoms with Gasteiger partial charge in [0.15, 0.2) is 6.61 Å². The van der Waals surface area contributed by atoms with E-state index in [1.54, 1.807) is 12.1 Å². The zero-order chi connectivity index (χ0) is 21.8. The highest BCUT2D eigenvalue weighted by Gasteiger charge is 2.32. The maximum absolute atomic E-state index is 12.4. The van der Waals surface area contributed by atoms with Crippen LogP contribution in [0.5, 0.6) is 5.75 Å². The van der Waals surface area contributed by atoms with E-state index in [2.05, 4.69) is 17.1 Å². The molecule has 0 spiro atoms. The molecule has 1 aromatic heterocycles. The van der Waals surface area contributed by atoms with Gasteiger partial charge in [-0.15, -0.1) is 0 Å². The molecule has 6 nitrogen and oxygen atoms in total. The molecule has 3 heterocycles. The van der Waals surface area contributed by atoms with Gasteiger partial charge in [-0.25, -0.2) is 4.79 Å². The molecule has 2 aliphatic heterocycles. The molecule has 1 aromatic carbocycles. The summed E-state index contributed by atoms with van der Waals surface area (Å²) in [5.74, 6) is 0.691. The Balaban J connectivity index is 1.36. The van der Waals surface area contributed by atoms with Crippen LogP contribution in [0.3, 0.4) is 0 Å². The Hall–Kier alpha value is -2.05. The maximum atomic E-state index is 12.4. The summed E-state index contributed by atoms with van der Waals surface area (Å²) in [6.45, 7) is 5.00. The third-order valence-electron chi connectivity index (χ3n) is 6.55. The molecular weight excluding hydrogens is 416 g/mol. The number of amides is 1. The Morgan fingerprint density at radius 3 is 2.90 bits per heavy atom. The molecule has 2 aliphatic rings. The normalized spacial score (nSPS) is 21.6. The van der Waals surface area contributed by atoms with Crippen LogP contribution in [-0.4, -0.2) is 43.1 Å². The standard InChI is InChI=1S/C24H31ClN2O4/c1-2-6-16-11-24(29)31-21-13-22(19(25)12-18(16)21)30-15-23(28)26-14-17-7-5-10-27-9-4-3-8-20(17)27/h11-13,17,20H,2-10,14-15H2,1H3,(H,26,28)/t17-,20+/m0/s1. The van der Waals surface area contributed by atoms with Crippen molar-refractivity contribution in [3.8, 4) is 5.75 Å². The Morgan fingerprint density at radius 2 is 2.06 bits per heavy atom. The maximum Gasteiger partial charge on any atom is 0.336 e. The highest BCUT2D eigenvalue weighted by Crippen LogP contribution is 2.32. The highest BCUT2D eigenvalue weighted by atomic mass is 35.5. The van der Waals surface area contributed by atoms with Gasteiger partial charge >= 0.3 is 5.63 Å². The molecule has 0 aliphatic carbocycles. The summed E-state index contributed by atoms with van der Waals surface area (Å²) in [6, 6.07) is 5.46. The first-order valence-electron chi connectivity index (χ1n) is 11.4. The zero-order valence-corrected chi connectivity index (χ0v) is 18.9.